The first-order valence-electron chi connectivity index (χ1n) is 12.3. The van der Waals surface area contributed by atoms with Gasteiger partial charge in [-0.2, -0.15) is 20.1 Å². The van der Waals surface area contributed by atoms with Gasteiger partial charge in [-0.25, -0.2) is 10.2 Å². The van der Waals surface area contributed by atoms with E-state index in [9.17, 15) is 4.79 Å². The van der Waals surface area contributed by atoms with Gasteiger partial charge in [-0.1, -0.05) is 36.4 Å². The van der Waals surface area contributed by atoms with E-state index in [-0.39, 0.29) is 0 Å². The number of esters is 1. The first-order chi connectivity index (χ1) is 18.7. The Kier molecular flexibility index (Phi) is 7.69. The van der Waals surface area contributed by atoms with Crippen molar-refractivity contribution in [2.24, 2.45) is 5.10 Å². The molecule has 0 saturated carbocycles. The predicted molar refractivity (Wildman–Crippen MR) is 147 cm³/mol. The van der Waals surface area contributed by atoms with Crippen LogP contribution >= 0.6 is 0 Å². The van der Waals surface area contributed by atoms with Crippen molar-refractivity contribution in [1.82, 2.24) is 15.0 Å². The summed E-state index contributed by atoms with van der Waals surface area (Å²) in [5, 5.41) is 7.53. The number of nitrogens with one attached hydrogen (secondary N) is 2. The van der Waals surface area contributed by atoms with E-state index in [2.05, 4.69) is 35.7 Å². The zero-order valence-corrected chi connectivity index (χ0v) is 20.9. The number of anilines is 4. The Morgan fingerprint density at radius 2 is 1.61 bits per heavy atom. The Balaban J connectivity index is 1.30. The van der Waals surface area contributed by atoms with Crippen molar-refractivity contribution in [3.05, 3.63) is 90.0 Å². The number of hydrogen-bond donors (Lipinski definition) is 2. The van der Waals surface area contributed by atoms with Crippen LogP contribution in [0.25, 0.3) is 0 Å². The second-order valence-electron chi connectivity index (χ2n) is 8.50. The van der Waals surface area contributed by atoms with E-state index in [0.29, 0.717) is 34.9 Å². The number of methoxy groups -OCH3 is 1. The van der Waals surface area contributed by atoms with Gasteiger partial charge < -0.3 is 19.7 Å². The number of nitrogens with zero attached hydrogens (tertiary/aromatic N) is 5. The van der Waals surface area contributed by atoms with Gasteiger partial charge in [-0.15, -0.1) is 0 Å². The van der Waals surface area contributed by atoms with Crippen molar-refractivity contribution >= 4 is 35.7 Å². The fraction of sp³-hybridized carbons (Fsp3) is 0.179. The quantitative estimate of drug-likeness (QED) is 0.141. The van der Waals surface area contributed by atoms with Crippen LogP contribution in [0.4, 0.5) is 23.5 Å². The molecule has 1 aliphatic heterocycles. The van der Waals surface area contributed by atoms with Crippen LogP contribution in [0, 0.1) is 0 Å². The van der Waals surface area contributed by atoms with Gasteiger partial charge in [-0.05, 0) is 60.9 Å². The minimum atomic E-state index is -0.462. The standard InChI is InChI=1S/C28H27N7O3/c1-37-24-18-20(14-15-23(24)38-25(36)21-10-4-2-5-11-21)19-29-34-27-31-26(30-22-12-6-3-7-13-22)32-28(33-27)35-16-8-9-17-35/h2-7,10-15,18-19H,8-9,16-17H2,1H3,(H2,30,31,32,33,34)/b29-19-. The molecule has 3 aromatic carbocycles. The molecule has 0 unspecified atom stereocenters. The van der Waals surface area contributed by atoms with E-state index < -0.39 is 5.97 Å². The molecule has 1 aliphatic rings. The third-order valence-electron chi connectivity index (χ3n) is 5.82. The minimum absolute atomic E-state index is 0.316. The Bertz CT molecular complexity index is 1410. The number of ether oxygens (including phenoxy) is 2. The molecule has 2 heterocycles. The number of aromatic nitrogens is 3. The highest BCUT2D eigenvalue weighted by molar-refractivity contribution is 5.91. The van der Waals surface area contributed by atoms with E-state index in [4.69, 9.17) is 9.47 Å². The van der Waals surface area contributed by atoms with Crippen LogP contribution in [0.2, 0.25) is 0 Å². The number of benzene rings is 3. The fourth-order valence-electron chi connectivity index (χ4n) is 3.93. The highest BCUT2D eigenvalue weighted by Gasteiger charge is 2.18. The molecule has 0 atom stereocenters. The van der Waals surface area contributed by atoms with Gasteiger partial charge in [0.25, 0.3) is 0 Å². The van der Waals surface area contributed by atoms with Gasteiger partial charge in [0.2, 0.25) is 17.8 Å². The molecule has 0 amide bonds. The summed E-state index contributed by atoms with van der Waals surface area (Å²) in [6, 6.07) is 23.7. The Labute approximate surface area is 220 Å². The summed E-state index contributed by atoms with van der Waals surface area (Å²) >= 11 is 0. The van der Waals surface area contributed by atoms with Crippen molar-refractivity contribution in [3.63, 3.8) is 0 Å². The summed E-state index contributed by atoms with van der Waals surface area (Å²) in [7, 11) is 1.51. The molecule has 1 fully saturated rings. The highest BCUT2D eigenvalue weighted by Crippen LogP contribution is 2.28. The van der Waals surface area contributed by atoms with Gasteiger partial charge in [0, 0.05) is 18.8 Å². The summed E-state index contributed by atoms with van der Waals surface area (Å²) in [5.41, 5.74) is 4.96. The molecule has 4 aromatic rings. The third-order valence-corrected chi connectivity index (χ3v) is 5.82. The average molecular weight is 510 g/mol. The average Bonchev–Trinajstić information content (AvgIpc) is 3.50. The number of hydrazone groups is 1. The zero-order chi connectivity index (χ0) is 26.2. The van der Waals surface area contributed by atoms with Crippen molar-refractivity contribution < 1.29 is 14.3 Å². The van der Waals surface area contributed by atoms with Crippen molar-refractivity contribution in [1.29, 1.82) is 0 Å². The van der Waals surface area contributed by atoms with Crippen molar-refractivity contribution in [2.75, 3.05) is 35.8 Å². The van der Waals surface area contributed by atoms with E-state index in [1.54, 1.807) is 48.7 Å². The summed E-state index contributed by atoms with van der Waals surface area (Å²) < 4.78 is 10.9. The lowest BCUT2D eigenvalue weighted by Gasteiger charge is -2.16. The number of carbonyl (C=O) groups is 1. The monoisotopic (exact) mass is 509 g/mol. The molecular formula is C28H27N7O3. The molecule has 10 nitrogen and oxygen atoms in total. The topological polar surface area (TPSA) is 114 Å². The Morgan fingerprint density at radius 3 is 2.34 bits per heavy atom. The lowest BCUT2D eigenvalue weighted by Crippen LogP contribution is -2.21. The number of para-hydroxylation sites is 1. The van der Waals surface area contributed by atoms with E-state index in [1.807, 2.05) is 36.4 Å². The van der Waals surface area contributed by atoms with E-state index in [1.165, 1.54) is 7.11 Å². The molecule has 0 radical (unpaired) electrons. The van der Waals surface area contributed by atoms with E-state index >= 15 is 0 Å². The smallest absolute Gasteiger partial charge is 0.343 e. The van der Waals surface area contributed by atoms with Crippen LogP contribution in [0.15, 0.2) is 84.0 Å². The van der Waals surface area contributed by atoms with E-state index in [0.717, 1.165) is 37.2 Å². The van der Waals surface area contributed by atoms with Crippen LogP contribution in [-0.4, -0.2) is 47.3 Å². The lowest BCUT2D eigenvalue weighted by molar-refractivity contribution is 0.0729. The van der Waals surface area contributed by atoms with Gasteiger partial charge >= 0.3 is 5.97 Å². The molecule has 10 heteroatoms. The molecular weight excluding hydrogens is 482 g/mol. The summed E-state index contributed by atoms with van der Waals surface area (Å²) in [5.74, 6) is 1.60. The molecule has 192 valence electrons. The maximum Gasteiger partial charge on any atom is 0.343 e. The lowest BCUT2D eigenvalue weighted by atomic mass is 10.2. The SMILES string of the molecule is COc1cc(/C=N\Nc2nc(Nc3ccccc3)nc(N3CCCC3)n2)ccc1OC(=O)c1ccccc1. The number of rotatable bonds is 9. The predicted octanol–water partition coefficient (Wildman–Crippen LogP) is 4.89. The first kappa shape index (κ1) is 24.7. The molecule has 38 heavy (non-hydrogen) atoms. The first-order valence-corrected chi connectivity index (χ1v) is 12.3. The second kappa shape index (κ2) is 11.8. The van der Waals surface area contributed by atoms with Gasteiger partial charge in [-0.3, -0.25) is 0 Å². The maximum absolute atomic E-state index is 12.4. The minimum Gasteiger partial charge on any atom is -0.493 e. The third kappa shape index (κ3) is 6.22. The van der Waals surface area contributed by atoms with Gasteiger partial charge in [0.15, 0.2) is 11.5 Å². The van der Waals surface area contributed by atoms with Gasteiger partial charge in [0.1, 0.15) is 0 Å². The van der Waals surface area contributed by atoms with Crippen LogP contribution in [0.5, 0.6) is 11.5 Å². The molecule has 5 rings (SSSR count). The zero-order valence-electron chi connectivity index (χ0n) is 20.9. The highest BCUT2D eigenvalue weighted by atomic mass is 16.6. The Hall–Kier alpha value is -4.99. The fourth-order valence-corrected chi connectivity index (χ4v) is 3.93. The van der Waals surface area contributed by atoms with Crippen LogP contribution in [-0.2, 0) is 0 Å². The van der Waals surface area contributed by atoms with Crippen LogP contribution in [0.1, 0.15) is 28.8 Å². The number of carbonyl (C=O) groups excluding carboxylic acids is 1. The molecule has 0 aliphatic carbocycles. The maximum atomic E-state index is 12.4. The molecule has 2 N–H and O–H groups in total. The van der Waals surface area contributed by atoms with Crippen LogP contribution < -0.4 is 25.1 Å². The largest absolute Gasteiger partial charge is 0.493 e. The number of hydrogen-bond acceptors (Lipinski definition) is 10. The Morgan fingerprint density at radius 1 is 0.895 bits per heavy atom. The summed E-state index contributed by atoms with van der Waals surface area (Å²) in [6.07, 6.45) is 3.81. The second-order valence-corrected chi connectivity index (χ2v) is 8.50. The van der Waals surface area contributed by atoms with Crippen LogP contribution in [0.3, 0.4) is 0 Å². The molecule has 0 bridgehead atoms. The van der Waals surface area contributed by atoms with Crippen molar-refractivity contribution in [3.8, 4) is 11.5 Å². The summed E-state index contributed by atoms with van der Waals surface area (Å²) in [6.45, 7) is 1.80. The normalized spacial score (nSPS) is 12.9. The van der Waals surface area contributed by atoms with Crippen molar-refractivity contribution in [2.45, 2.75) is 12.8 Å². The summed E-state index contributed by atoms with van der Waals surface area (Å²) in [4.78, 5) is 28.2. The molecule has 1 saturated heterocycles. The molecule has 1 aromatic heterocycles. The van der Waals surface area contributed by atoms with Gasteiger partial charge in [0.05, 0.1) is 18.9 Å². The molecule has 0 spiro atoms.